The van der Waals surface area contributed by atoms with Gasteiger partial charge in [0, 0.05) is 12.1 Å². The third-order valence-electron chi connectivity index (χ3n) is 2.76. The number of halogens is 1. The summed E-state index contributed by atoms with van der Waals surface area (Å²) in [5.41, 5.74) is 1.98. The number of hydrogen-bond donors (Lipinski definition) is 1. The van der Waals surface area contributed by atoms with Crippen molar-refractivity contribution >= 4 is 0 Å². The van der Waals surface area contributed by atoms with E-state index in [0.29, 0.717) is 12.5 Å². The fourth-order valence-corrected chi connectivity index (χ4v) is 1.61. The molecule has 0 spiro atoms. The highest BCUT2D eigenvalue weighted by Gasteiger charge is 2.05. The first kappa shape index (κ1) is 13.2. The van der Waals surface area contributed by atoms with Gasteiger partial charge < -0.3 is 5.32 Å². The van der Waals surface area contributed by atoms with Gasteiger partial charge in [-0.3, -0.25) is 0 Å². The molecule has 0 aliphatic heterocycles. The van der Waals surface area contributed by atoms with Gasteiger partial charge in [0.2, 0.25) is 0 Å². The zero-order valence-electron chi connectivity index (χ0n) is 10.5. The number of hydrogen-bond acceptors (Lipinski definition) is 1. The van der Waals surface area contributed by atoms with Crippen molar-refractivity contribution in [2.75, 3.05) is 6.54 Å². The number of unbranched alkanes of at least 4 members (excludes halogenated alkanes) is 1. The molecule has 0 heterocycles. The van der Waals surface area contributed by atoms with Crippen molar-refractivity contribution in [2.45, 2.75) is 46.1 Å². The predicted molar refractivity (Wildman–Crippen MR) is 67.1 cm³/mol. The van der Waals surface area contributed by atoms with Crippen LogP contribution in [0.5, 0.6) is 0 Å². The summed E-state index contributed by atoms with van der Waals surface area (Å²) in [7, 11) is 0. The summed E-state index contributed by atoms with van der Waals surface area (Å²) in [6.07, 6.45) is 2.31. The van der Waals surface area contributed by atoms with Gasteiger partial charge in [0.15, 0.2) is 0 Å². The van der Waals surface area contributed by atoms with E-state index in [4.69, 9.17) is 0 Å². The second-order valence-corrected chi connectivity index (χ2v) is 4.54. The fraction of sp³-hybridized carbons (Fsp3) is 0.571. The van der Waals surface area contributed by atoms with E-state index in [1.807, 2.05) is 12.1 Å². The van der Waals surface area contributed by atoms with Crippen LogP contribution in [0.25, 0.3) is 0 Å². The lowest BCUT2D eigenvalue weighted by Crippen LogP contribution is -2.15. The van der Waals surface area contributed by atoms with Crippen molar-refractivity contribution in [1.82, 2.24) is 5.32 Å². The molecule has 90 valence electrons. The van der Waals surface area contributed by atoms with Crippen LogP contribution in [0.1, 0.15) is 50.7 Å². The maximum absolute atomic E-state index is 13.5. The van der Waals surface area contributed by atoms with Crippen LogP contribution in [0, 0.1) is 5.82 Å². The van der Waals surface area contributed by atoms with Gasteiger partial charge >= 0.3 is 0 Å². The van der Waals surface area contributed by atoms with E-state index in [1.54, 1.807) is 6.07 Å². The van der Waals surface area contributed by atoms with E-state index < -0.39 is 0 Å². The van der Waals surface area contributed by atoms with Gasteiger partial charge in [0.05, 0.1) is 0 Å². The van der Waals surface area contributed by atoms with Crippen LogP contribution in [-0.2, 0) is 6.54 Å². The third kappa shape index (κ3) is 3.93. The van der Waals surface area contributed by atoms with Crippen molar-refractivity contribution < 1.29 is 4.39 Å². The molecule has 0 aliphatic rings. The SMILES string of the molecule is CCCCNCc1cc(C(C)C)ccc1F. The molecule has 0 saturated heterocycles. The van der Waals surface area contributed by atoms with E-state index in [2.05, 4.69) is 26.1 Å². The van der Waals surface area contributed by atoms with Crippen LogP contribution in [0.15, 0.2) is 18.2 Å². The lowest BCUT2D eigenvalue weighted by atomic mass is 10.0. The molecule has 0 amide bonds. The van der Waals surface area contributed by atoms with Crippen molar-refractivity contribution in [1.29, 1.82) is 0 Å². The summed E-state index contributed by atoms with van der Waals surface area (Å²) in [6, 6.07) is 5.42. The topological polar surface area (TPSA) is 12.0 Å². The van der Waals surface area contributed by atoms with Crippen LogP contribution in [-0.4, -0.2) is 6.54 Å². The molecule has 2 heteroatoms. The molecule has 16 heavy (non-hydrogen) atoms. The monoisotopic (exact) mass is 223 g/mol. The highest BCUT2D eigenvalue weighted by molar-refractivity contribution is 5.27. The van der Waals surface area contributed by atoms with E-state index in [-0.39, 0.29) is 5.82 Å². The molecule has 1 aromatic carbocycles. The number of rotatable bonds is 6. The molecule has 0 atom stereocenters. The van der Waals surface area contributed by atoms with Crippen LogP contribution < -0.4 is 5.32 Å². The summed E-state index contributed by atoms with van der Waals surface area (Å²) in [4.78, 5) is 0. The van der Waals surface area contributed by atoms with Gasteiger partial charge in [0.25, 0.3) is 0 Å². The molecule has 0 radical (unpaired) electrons. The van der Waals surface area contributed by atoms with E-state index in [1.165, 1.54) is 12.0 Å². The van der Waals surface area contributed by atoms with Gasteiger partial charge in [-0.2, -0.15) is 0 Å². The normalized spacial score (nSPS) is 11.1. The molecule has 0 fully saturated rings. The molecular formula is C14H22FN. The molecule has 0 aromatic heterocycles. The first-order chi connectivity index (χ1) is 7.65. The first-order valence-electron chi connectivity index (χ1n) is 6.14. The van der Waals surface area contributed by atoms with E-state index >= 15 is 0 Å². The average Bonchev–Trinajstić information content (AvgIpc) is 2.26. The van der Waals surface area contributed by atoms with Crippen LogP contribution >= 0.6 is 0 Å². The maximum atomic E-state index is 13.5. The standard InChI is InChI=1S/C14H22FN/c1-4-5-8-16-10-13-9-12(11(2)3)6-7-14(13)15/h6-7,9,11,16H,4-5,8,10H2,1-3H3. The summed E-state index contributed by atoms with van der Waals surface area (Å²) < 4.78 is 13.5. The molecule has 1 aromatic rings. The Labute approximate surface area is 98.1 Å². The third-order valence-corrected chi connectivity index (χ3v) is 2.76. The Morgan fingerprint density at radius 2 is 2.06 bits per heavy atom. The van der Waals surface area contributed by atoms with Gasteiger partial charge in [-0.05, 0) is 30.5 Å². The zero-order valence-corrected chi connectivity index (χ0v) is 10.5. The molecule has 1 nitrogen and oxygen atoms in total. The predicted octanol–water partition coefficient (Wildman–Crippen LogP) is 3.84. The smallest absolute Gasteiger partial charge is 0.127 e. The van der Waals surface area contributed by atoms with Crippen LogP contribution in [0.4, 0.5) is 4.39 Å². The van der Waals surface area contributed by atoms with Crippen molar-refractivity contribution in [2.24, 2.45) is 0 Å². The van der Waals surface area contributed by atoms with Crippen LogP contribution in [0.2, 0.25) is 0 Å². The summed E-state index contributed by atoms with van der Waals surface area (Å²) >= 11 is 0. The maximum Gasteiger partial charge on any atom is 0.127 e. The average molecular weight is 223 g/mol. The van der Waals surface area contributed by atoms with Gasteiger partial charge in [-0.25, -0.2) is 4.39 Å². The molecule has 1 rings (SSSR count). The highest BCUT2D eigenvalue weighted by Crippen LogP contribution is 2.18. The summed E-state index contributed by atoms with van der Waals surface area (Å²) in [5.74, 6) is 0.350. The second-order valence-electron chi connectivity index (χ2n) is 4.54. The fourth-order valence-electron chi connectivity index (χ4n) is 1.61. The van der Waals surface area contributed by atoms with Gasteiger partial charge in [-0.1, -0.05) is 39.3 Å². The summed E-state index contributed by atoms with van der Waals surface area (Å²) in [6.45, 7) is 8.00. The largest absolute Gasteiger partial charge is 0.313 e. The second kappa shape index (κ2) is 6.64. The quantitative estimate of drug-likeness (QED) is 0.722. The Balaban J connectivity index is 2.60. The zero-order chi connectivity index (χ0) is 12.0. The Kier molecular flexibility index (Phi) is 5.47. The molecule has 0 bridgehead atoms. The number of nitrogens with one attached hydrogen (secondary N) is 1. The van der Waals surface area contributed by atoms with Crippen molar-refractivity contribution in [3.63, 3.8) is 0 Å². The molecule has 1 N–H and O–H groups in total. The lowest BCUT2D eigenvalue weighted by Gasteiger charge is -2.10. The van der Waals surface area contributed by atoms with Crippen molar-refractivity contribution in [3.8, 4) is 0 Å². The van der Waals surface area contributed by atoms with Crippen LogP contribution in [0.3, 0.4) is 0 Å². The minimum atomic E-state index is -0.103. The summed E-state index contributed by atoms with van der Waals surface area (Å²) in [5, 5.41) is 3.27. The Morgan fingerprint density at radius 3 is 2.69 bits per heavy atom. The lowest BCUT2D eigenvalue weighted by molar-refractivity contribution is 0.578. The molecule has 0 aliphatic carbocycles. The molecule has 0 unspecified atom stereocenters. The highest BCUT2D eigenvalue weighted by atomic mass is 19.1. The Morgan fingerprint density at radius 1 is 1.31 bits per heavy atom. The van der Waals surface area contributed by atoms with Crippen molar-refractivity contribution in [3.05, 3.63) is 35.1 Å². The molecule has 0 saturated carbocycles. The van der Waals surface area contributed by atoms with E-state index in [0.717, 1.165) is 18.5 Å². The van der Waals surface area contributed by atoms with Gasteiger partial charge in [0.1, 0.15) is 5.82 Å². The first-order valence-corrected chi connectivity index (χ1v) is 6.14. The number of benzene rings is 1. The Bertz CT molecular complexity index is 321. The van der Waals surface area contributed by atoms with Gasteiger partial charge in [-0.15, -0.1) is 0 Å². The Hall–Kier alpha value is -0.890. The molecular weight excluding hydrogens is 201 g/mol. The minimum Gasteiger partial charge on any atom is -0.313 e. The minimum absolute atomic E-state index is 0.103. The van der Waals surface area contributed by atoms with E-state index in [9.17, 15) is 4.39 Å².